The lowest BCUT2D eigenvalue weighted by Crippen LogP contribution is -2.56. The van der Waals surface area contributed by atoms with Crippen molar-refractivity contribution in [3.63, 3.8) is 0 Å². The highest BCUT2D eigenvalue weighted by Crippen LogP contribution is 2.26. The van der Waals surface area contributed by atoms with Gasteiger partial charge in [-0.3, -0.25) is 19.2 Å². The largest absolute Gasteiger partial charge is 0.490 e. The Bertz CT molecular complexity index is 1000. The number of hydrazine groups is 1. The van der Waals surface area contributed by atoms with E-state index in [1.54, 1.807) is 29.2 Å². The van der Waals surface area contributed by atoms with Gasteiger partial charge >= 0.3 is 5.97 Å². The van der Waals surface area contributed by atoms with Crippen LogP contribution in [0.15, 0.2) is 24.3 Å². The molecule has 0 bridgehead atoms. The molecule has 0 aromatic heterocycles. The monoisotopic (exact) mass is 542 g/mol. The van der Waals surface area contributed by atoms with Gasteiger partial charge in [0, 0.05) is 25.1 Å². The average molecular weight is 543 g/mol. The van der Waals surface area contributed by atoms with Crippen molar-refractivity contribution in [2.24, 2.45) is 11.8 Å². The molecule has 3 amide bonds. The molecule has 1 saturated carbocycles. The number of carbonyl (C=O) groups excluding carboxylic acids is 3. The van der Waals surface area contributed by atoms with E-state index in [4.69, 9.17) is 4.74 Å². The van der Waals surface area contributed by atoms with Crippen molar-refractivity contribution in [2.45, 2.75) is 83.3 Å². The van der Waals surface area contributed by atoms with E-state index >= 15 is 0 Å². The molecule has 0 unspecified atom stereocenters. The minimum absolute atomic E-state index is 0.0358. The number of imide groups is 1. The lowest BCUT2D eigenvalue weighted by molar-refractivity contribution is -0.144. The fourth-order valence-corrected chi connectivity index (χ4v) is 5.72. The topological polar surface area (TPSA) is 128 Å². The average Bonchev–Trinajstić information content (AvgIpc) is 3.48. The van der Waals surface area contributed by atoms with Crippen molar-refractivity contribution >= 4 is 23.7 Å². The lowest BCUT2D eigenvalue weighted by Gasteiger charge is -2.35. The molecule has 2 aliphatic heterocycles. The first-order valence-electron chi connectivity index (χ1n) is 14.4. The molecule has 3 aliphatic rings. The number of amides is 3. The number of carbonyl (C=O) groups is 4. The molecule has 1 aromatic carbocycles. The van der Waals surface area contributed by atoms with E-state index in [2.05, 4.69) is 10.7 Å². The van der Waals surface area contributed by atoms with Crippen LogP contribution >= 0.6 is 0 Å². The molecule has 2 atom stereocenters. The summed E-state index contributed by atoms with van der Waals surface area (Å²) in [5, 5.41) is 13.6. The van der Waals surface area contributed by atoms with Crippen LogP contribution in [-0.4, -0.2) is 77.0 Å². The maximum atomic E-state index is 13.6. The predicted molar refractivity (Wildman–Crippen MR) is 145 cm³/mol. The quantitative estimate of drug-likeness (QED) is 0.304. The van der Waals surface area contributed by atoms with Crippen LogP contribution in [0.3, 0.4) is 0 Å². The first kappa shape index (κ1) is 29.0. The third-order valence-corrected chi connectivity index (χ3v) is 8.17. The highest BCUT2D eigenvalue weighted by Gasteiger charge is 2.36. The standard InChI is InChI=1S/C29H42N4O6/c1-20(29(37)38)31-33(27(35)22-9-11-25(12-10-22)39-24-6-2-3-7-24)28(36)23-5-4-18-32(19-23)26(34)13-8-21-14-16-30-17-15-21/h9-12,20-21,23-24,30-31H,2-8,13-19H2,1H3,(H,37,38)/t20-,23+/m0/s1. The van der Waals surface area contributed by atoms with Gasteiger partial charge in [0.1, 0.15) is 11.8 Å². The fourth-order valence-electron chi connectivity index (χ4n) is 5.72. The summed E-state index contributed by atoms with van der Waals surface area (Å²) in [5.74, 6) is -1.68. The molecule has 0 radical (unpaired) electrons. The smallest absolute Gasteiger partial charge is 0.322 e. The molecule has 3 N–H and O–H groups in total. The van der Waals surface area contributed by atoms with Crippen molar-refractivity contribution in [3.8, 4) is 5.75 Å². The lowest BCUT2D eigenvalue weighted by atomic mass is 9.92. The number of ether oxygens (including phenoxy) is 1. The summed E-state index contributed by atoms with van der Waals surface area (Å²) in [7, 11) is 0. The van der Waals surface area contributed by atoms with Gasteiger partial charge in [-0.25, -0.2) is 10.4 Å². The van der Waals surface area contributed by atoms with Gasteiger partial charge in [0.15, 0.2) is 0 Å². The van der Waals surface area contributed by atoms with Gasteiger partial charge in [0.25, 0.3) is 5.91 Å². The van der Waals surface area contributed by atoms with Gasteiger partial charge in [-0.1, -0.05) is 0 Å². The SMILES string of the molecule is C[C@H](NN(C(=O)c1ccc(OC2CCCC2)cc1)C(=O)[C@@H]1CCCN(C(=O)CCC2CCNCC2)C1)C(=O)O. The zero-order valence-electron chi connectivity index (χ0n) is 22.9. The second-order valence-electron chi connectivity index (χ2n) is 11.1. The first-order valence-corrected chi connectivity index (χ1v) is 14.4. The van der Waals surface area contributed by atoms with E-state index in [-0.39, 0.29) is 24.1 Å². The maximum Gasteiger partial charge on any atom is 0.322 e. The Morgan fingerprint density at radius 1 is 1.05 bits per heavy atom. The van der Waals surface area contributed by atoms with E-state index in [9.17, 15) is 24.3 Å². The Hall–Kier alpha value is -2.98. The number of hydrogen-bond donors (Lipinski definition) is 3. The maximum absolute atomic E-state index is 13.6. The Balaban J connectivity index is 1.40. The molecule has 2 saturated heterocycles. The summed E-state index contributed by atoms with van der Waals surface area (Å²) in [5.41, 5.74) is 2.84. The molecule has 4 rings (SSSR count). The van der Waals surface area contributed by atoms with Gasteiger partial charge in [-0.2, -0.15) is 0 Å². The Morgan fingerprint density at radius 2 is 1.74 bits per heavy atom. The van der Waals surface area contributed by atoms with E-state index in [1.807, 2.05) is 0 Å². The third-order valence-electron chi connectivity index (χ3n) is 8.17. The van der Waals surface area contributed by atoms with Crippen LogP contribution in [0.25, 0.3) is 0 Å². The summed E-state index contributed by atoms with van der Waals surface area (Å²) >= 11 is 0. The van der Waals surface area contributed by atoms with Crippen molar-refractivity contribution in [1.29, 1.82) is 0 Å². The van der Waals surface area contributed by atoms with Crippen LogP contribution < -0.4 is 15.5 Å². The summed E-state index contributed by atoms with van der Waals surface area (Å²) in [6.45, 7) is 4.17. The number of hydrogen-bond acceptors (Lipinski definition) is 7. The first-order chi connectivity index (χ1) is 18.8. The summed E-state index contributed by atoms with van der Waals surface area (Å²) in [6, 6.07) is 5.44. The van der Waals surface area contributed by atoms with Crippen LogP contribution in [0, 0.1) is 11.8 Å². The number of piperidine rings is 2. The van der Waals surface area contributed by atoms with E-state index in [1.165, 1.54) is 6.92 Å². The number of nitrogens with zero attached hydrogens (tertiary/aromatic N) is 2. The van der Waals surface area contributed by atoms with Gasteiger partial charge in [-0.15, -0.1) is 0 Å². The second kappa shape index (κ2) is 13.9. The van der Waals surface area contributed by atoms with E-state index in [0.717, 1.165) is 63.0 Å². The molecule has 10 nitrogen and oxygen atoms in total. The highest BCUT2D eigenvalue weighted by molar-refractivity contribution is 6.05. The second-order valence-corrected chi connectivity index (χ2v) is 11.1. The van der Waals surface area contributed by atoms with Crippen molar-refractivity contribution in [1.82, 2.24) is 20.7 Å². The van der Waals surface area contributed by atoms with Crippen molar-refractivity contribution in [2.75, 3.05) is 26.2 Å². The molecule has 214 valence electrons. The van der Waals surface area contributed by atoms with Crippen LogP contribution in [0.5, 0.6) is 5.75 Å². The molecule has 3 fully saturated rings. The van der Waals surface area contributed by atoms with Gasteiger partial charge in [-0.05, 0) is 108 Å². The Morgan fingerprint density at radius 3 is 2.41 bits per heavy atom. The molecular weight excluding hydrogens is 500 g/mol. The third kappa shape index (κ3) is 8.02. The van der Waals surface area contributed by atoms with E-state index < -0.39 is 29.7 Å². The van der Waals surface area contributed by atoms with Gasteiger partial charge in [0.05, 0.1) is 12.0 Å². The predicted octanol–water partition coefficient (Wildman–Crippen LogP) is 2.97. The fraction of sp³-hybridized carbons (Fsp3) is 0.655. The van der Waals surface area contributed by atoms with Crippen LogP contribution in [0.1, 0.15) is 81.5 Å². The number of aliphatic carboxylic acids is 1. The summed E-state index contributed by atoms with van der Waals surface area (Å²) in [6.07, 6.45) is 9.13. The van der Waals surface area contributed by atoms with Crippen molar-refractivity contribution < 1.29 is 29.0 Å². The number of carboxylic acid groups (broad SMARTS) is 1. The Labute approximate surface area is 230 Å². The van der Waals surface area contributed by atoms with E-state index in [0.29, 0.717) is 37.5 Å². The number of nitrogens with one attached hydrogen (secondary N) is 2. The molecule has 10 heteroatoms. The molecular formula is C29H42N4O6. The minimum Gasteiger partial charge on any atom is -0.490 e. The molecule has 0 spiro atoms. The minimum atomic E-state index is -1.18. The zero-order chi connectivity index (χ0) is 27.8. The molecule has 39 heavy (non-hydrogen) atoms. The number of likely N-dealkylation sites (tertiary alicyclic amines) is 1. The van der Waals surface area contributed by atoms with Gasteiger partial charge in [0.2, 0.25) is 11.8 Å². The molecule has 1 aromatic rings. The Kier molecular flexibility index (Phi) is 10.3. The number of rotatable bonds is 10. The van der Waals surface area contributed by atoms with Crippen LogP contribution in [0.2, 0.25) is 0 Å². The van der Waals surface area contributed by atoms with Crippen LogP contribution in [-0.2, 0) is 14.4 Å². The molecule has 1 aliphatic carbocycles. The van der Waals surface area contributed by atoms with Crippen molar-refractivity contribution in [3.05, 3.63) is 29.8 Å². The zero-order valence-corrected chi connectivity index (χ0v) is 22.9. The number of carboxylic acids is 1. The highest BCUT2D eigenvalue weighted by atomic mass is 16.5. The molecule has 2 heterocycles. The summed E-state index contributed by atoms with van der Waals surface area (Å²) < 4.78 is 5.98. The normalized spacial score (nSPS) is 21.4. The summed E-state index contributed by atoms with van der Waals surface area (Å²) in [4.78, 5) is 53.3. The van der Waals surface area contributed by atoms with Gasteiger partial charge < -0.3 is 20.1 Å². The number of benzene rings is 1. The van der Waals surface area contributed by atoms with Crippen LogP contribution in [0.4, 0.5) is 0 Å².